The van der Waals surface area contributed by atoms with Crippen LogP contribution in [0.5, 0.6) is 11.5 Å². The van der Waals surface area contributed by atoms with E-state index < -0.39 is 0 Å². The topological polar surface area (TPSA) is 84.0 Å². The van der Waals surface area contributed by atoms with Crippen molar-refractivity contribution in [2.45, 2.75) is 71.1 Å². The average molecular weight is 403 g/mol. The van der Waals surface area contributed by atoms with Crippen molar-refractivity contribution in [1.82, 2.24) is 16.0 Å². The number of carbonyl (C=O) groups is 1. The van der Waals surface area contributed by atoms with Gasteiger partial charge < -0.3 is 25.4 Å². The number of benzene rings is 1. The van der Waals surface area contributed by atoms with Crippen molar-refractivity contribution in [3.05, 3.63) is 23.3 Å². The molecule has 1 unspecified atom stereocenters. The number of fused-ring (bicyclic) bond motifs is 1. The Hall–Kier alpha value is -2.44. The van der Waals surface area contributed by atoms with Crippen LogP contribution in [0.3, 0.4) is 0 Å². The fourth-order valence-electron chi connectivity index (χ4n) is 3.97. The van der Waals surface area contributed by atoms with Crippen molar-refractivity contribution in [2.24, 2.45) is 4.99 Å². The lowest BCUT2D eigenvalue weighted by Gasteiger charge is -2.16. The zero-order valence-corrected chi connectivity index (χ0v) is 17.8. The van der Waals surface area contributed by atoms with Gasteiger partial charge in [-0.25, -0.2) is 0 Å². The fourth-order valence-corrected chi connectivity index (χ4v) is 3.97. The van der Waals surface area contributed by atoms with Crippen LogP contribution in [0.2, 0.25) is 0 Å². The molecule has 1 saturated carbocycles. The first-order valence-electron chi connectivity index (χ1n) is 10.8. The van der Waals surface area contributed by atoms with Gasteiger partial charge in [-0.05, 0) is 38.8 Å². The fraction of sp³-hybridized carbons (Fsp3) is 0.636. The SMILES string of the molecule is CCOc1cc2c(cc1CNC(=NC)NCCC(=O)NC1CCCC1)OC(C)C2. The van der Waals surface area contributed by atoms with Crippen LogP contribution in [0.1, 0.15) is 57.1 Å². The molecule has 1 aromatic carbocycles. The van der Waals surface area contributed by atoms with Gasteiger partial charge in [0.05, 0.1) is 6.61 Å². The van der Waals surface area contributed by atoms with Gasteiger partial charge in [0, 0.05) is 50.1 Å². The minimum Gasteiger partial charge on any atom is -0.494 e. The molecule has 1 atom stereocenters. The van der Waals surface area contributed by atoms with Crippen molar-refractivity contribution in [1.29, 1.82) is 0 Å². The highest BCUT2D eigenvalue weighted by Crippen LogP contribution is 2.35. The Balaban J connectivity index is 1.48. The molecule has 0 radical (unpaired) electrons. The predicted molar refractivity (Wildman–Crippen MR) is 115 cm³/mol. The minimum absolute atomic E-state index is 0.100. The van der Waals surface area contributed by atoms with Crippen molar-refractivity contribution >= 4 is 11.9 Å². The third-order valence-corrected chi connectivity index (χ3v) is 5.41. The largest absolute Gasteiger partial charge is 0.494 e. The Bertz CT molecular complexity index is 729. The van der Waals surface area contributed by atoms with Gasteiger partial charge >= 0.3 is 0 Å². The standard InChI is InChI=1S/C22H34N4O3/c1-4-28-19-12-16-11-15(2)29-20(16)13-17(19)14-25-22(23-3)24-10-9-21(27)26-18-7-5-6-8-18/h12-13,15,18H,4-11,14H2,1-3H3,(H,26,27)(H2,23,24,25). The predicted octanol–water partition coefficient (Wildman–Crippen LogP) is 2.52. The Morgan fingerprint density at radius 2 is 2.07 bits per heavy atom. The van der Waals surface area contributed by atoms with Crippen molar-refractivity contribution in [3.63, 3.8) is 0 Å². The van der Waals surface area contributed by atoms with Gasteiger partial charge in [-0.3, -0.25) is 9.79 Å². The number of nitrogens with zero attached hydrogens (tertiary/aromatic N) is 1. The molecule has 7 heteroatoms. The van der Waals surface area contributed by atoms with E-state index in [9.17, 15) is 4.79 Å². The first-order chi connectivity index (χ1) is 14.1. The van der Waals surface area contributed by atoms with E-state index >= 15 is 0 Å². The van der Waals surface area contributed by atoms with Crippen LogP contribution < -0.4 is 25.4 Å². The summed E-state index contributed by atoms with van der Waals surface area (Å²) in [5.74, 6) is 2.58. The van der Waals surface area contributed by atoms with Crippen LogP contribution in [-0.2, 0) is 17.8 Å². The zero-order chi connectivity index (χ0) is 20.6. The molecule has 1 amide bonds. The smallest absolute Gasteiger partial charge is 0.221 e. The summed E-state index contributed by atoms with van der Waals surface area (Å²) in [5, 5.41) is 9.63. The average Bonchev–Trinajstić information content (AvgIpc) is 3.32. The van der Waals surface area contributed by atoms with Crippen molar-refractivity contribution in [2.75, 3.05) is 20.2 Å². The Morgan fingerprint density at radius 3 is 2.79 bits per heavy atom. The molecule has 1 aliphatic heterocycles. The summed E-state index contributed by atoms with van der Waals surface area (Å²) in [5.41, 5.74) is 2.22. The lowest BCUT2D eigenvalue weighted by atomic mass is 10.1. The molecule has 1 aliphatic carbocycles. The molecule has 29 heavy (non-hydrogen) atoms. The molecule has 0 saturated heterocycles. The van der Waals surface area contributed by atoms with E-state index in [0.717, 1.165) is 36.3 Å². The first kappa shape index (κ1) is 21.3. The summed E-state index contributed by atoms with van der Waals surface area (Å²) in [6.07, 6.45) is 6.20. The highest BCUT2D eigenvalue weighted by molar-refractivity contribution is 5.81. The molecule has 3 rings (SSSR count). The molecule has 1 aromatic rings. The number of rotatable bonds is 8. The zero-order valence-electron chi connectivity index (χ0n) is 17.8. The van der Waals surface area contributed by atoms with Gasteiger partial charge in [0.15, 0.2) is 5.96 Å². The molecule has 0 spiro atoms. The normalized spacial score (nSPS) is 18.9. The van der Waals surface area contributed by atoms with Gasteiger partial charge in [-0.2, -0.15) is 0 Å². The van der Waals surface area contributed by atoms with E-state index in [1.54, 1.807) is 7.05 Å². The van der Waals surface area contributed by atoms with Crippen molar-refractivity contribution < 1.29 is 14.3 Å². The number of hydrogen-bond donors (Lipinski definition) is 3. The Kier molecular flexibility index (Phi) is 7.61. The molecule has 1 heterocycles. The van der Waals surface area contributed by atoms with E-state index in [4.69, 9.17) is 9.47 Å². The van der Waals surface area contributed by atoms with E-state index in [1.807, 2.05) is 6.92 Å². The maximum atomic E-state index is 12.1. The van der Waals surface area contributed by atoms with Gasteiger partial charge in [-0.1, -0.05) is 12.8 Å². The molecule has 1 fully saturated rings. The number of hydrogen-bond acceptors (Lipinski definition) is 4. The van der Waals surface area contributed by atoms with Gasteiger partial charge in [0.25, 0.3) is 0 Å². The molecular formula is C22H34N4O3. The number of carbonyl (C=O) groups excluding carboxylic acids is 1. The van der Waals surface area contributed by atoms with E-state index in [0.29, 0.717) is 38.1 Å². The van der Waals surface area contributed by atoms with Crippen LogP contribution in [-0.4, -0.2) is 44.2 Å². The maximum Gasteiger partial charge on any atom is 0.221 e. The van der Waals surface area contributed by atoms with Gasteiger partial charge in [-0.15, -0.1) is 0 Å². The lowest BCUT2D eigenvalue weighted by molar-refractivity contribution is -0.121. The number of ether oxygens (including phenoxy) is 2. The minimum atomic E-state index is 0.100. The molecule has 160 valence electrons. The second-order valence-electron chi connectivity index (χ2n) is 7.78. The van der Waals surface area contributed by atoms with Crippen molar-refractivity contribution in [3.8, 4) is 11.5 Å². The quantitative estimate of drug-likeness (QED) is 0.460. The third kappa shape index (κ3) is 6.02. The molecule has 7 nitrogen and oxygen atoms in total. The number of nitrogens with one attached hydrogen (secondary N) is 3. The third-order valence-electron chi connectivity index (χ3n) is 5.41. The summed E-state index contributed by atoms with van der Waals surface area (Å²) in [6, 6.07) is 4.50. The summed E-state index contributed by atoms with van der Waals surface area (Å²) >= 11 is 0. The van der Waals surface area contributed by atoms with Gasteiger partial charge in [0.1, 0.15) is 17.6 Å². The number of amides is 1. The molecule has 3 N–H and O–H groups in total. The van der Waals surface area contributed by atoms with Crippen LogP contribution >= 0.6 is 0 Å². The molecule has 0 aromatic heterocycles. The van der Waals surface area contributed by atoms with Crippen LogP contribution in [0.4, 0.5) is 0 Å². The van der Waals surface area contributed by atoms with E-state index in [-0.39, 0.29) is 12.0 Å². The summed E-state index contributed by atoms with van der Waals surface area (Å²) in [4.78, 5) is 16.3. The van der Waals surface area contributed by atoms with E-state index in [1.165, 1.54) is 18.4 Å². The molecular weight excluding hydrogens is 368 g/mol. The maximum absolute atomic E-state index is 12.1. The monoisotopic (exact) mass is 402 g/mol. The first-order valence-corrected chi connectivity index (χ1v) is 10.8. The number of guanidine groups is 1. The van der Waals surface area contributed by atoms with Crippen LogP contribution in [0, 0.1) is 0 Å². The van der Waals surface area contributed by atoms with Crippen LogP contribution in [0.25, 0.3) is 0 Å². The highest BCUT2D eigenvalue weighted by Gasteiger charge is 2.22. The Morgan fingerprint density at radius 1 is 1.28 bits per heavy atom. The Labute approximate surface area is 173 Å². The second-order valence-corrected chi connectivity index (χ2v) is 7.78. The molecule has 0 bridgehead atoms. The highest BCUT2D eigenvalue weighted by atomic mass is 16.5. The second kappa shape index (κ2) is 10.4. The molecule has 2 aliphatic rings. The summed E-state index contributed by atoms with van der Waals surface area (Å²) in [7, 11) is 1.73. The number of aliphatic imine (C=N–C) groups is 1. The lowest BCUT2D eigenvalue weighted by Crippen LogP contribution is -2.40. The van der Waals surface area contributed by atoms with E-state index in [2.05, 4.69) is 40.0 Å². The summed E-state index contributed by atoms with van der Waals surface area (Å²) < 4.78 is 11.7. The van der Waals surface area contributed by atoms with Gasteiger partial charge in [0.2, 0.25) is 5.91 Å². The van der Waals surface area contributed by atoms with Crippen LogP contribution in [0.15, 0.2) is 17.1 Å². The summed E-state index contributed by atoms with van der Waals surface area (Å²) in [6.45, 7) is 5.79.